The maximum atomic E-state index is 12.3. The molecule has 120 valence electrons. The van der Waals surface area contributed by atoms with Crippen molar-refractivity contribution in [1.29, 1.82) is 0 Å². The lowest BCUT2D eigenvalue weighted by Gasteiger charge is -2.31. The summed E-state index contributed by atoms with van der Waals surface area (Å²) >= 11 is 0. The van der Waals surface area contributed by atoms with Crippen molar-refractivity contribution in [3.63, 3.8) is 0 Å². The first-order valence-electron chi connectivity index (χ1n) is 7.53. The van der Waals surface area contributed by atoms with Crippen LogP contribution in [0.3, 0.4) is 0 Å². The van der Waals surface area contributed by atoms with E-state index >= 15 is 0 Å². The van der Waals surface area contributed by atoms with Crippen LogP contribution in [0.4, 0.5) is 0 Å². The van der Waals surface area contributed by atoms with Crippen LogP contribution >= 0.6 is 12.4 Å². The van der Waals surface area contributed by atoms with Crippen LogP contribution in [-0.4, -0.2) is 45.4 Å². The summed E-state index contributed by atoms with van der Waals surface area (Å²) in [5, 5.41) is 3.32. The van der Waals surface area contributed by atoms with Crippen LogP contribution in [0.1, 0.15) is 44.9 Å². The smallest absolute Gasteiger partial charge is 0.279 e. The summed E-state index contributed by atoms with van der Waals surface area (Å²) < 4.78 is 28.9. The molecule has 1 aliphatic carbocycles. The van der Waals surface area contributed by atoms with E-state index < -0.39 is 10.2 Å². The summed E-state index contributed by atoms with van der Waals surface area (Å²) in [5.74, 6) is 0.434. The maximum Gasteiger partial charge on any atom is 0.279 e. The molecular formula is C13H28ClN3O2S. The van der Waals surface area contributed by atoms with Gasteiger partial charge >= 0.3 is 0 Å². The van der Waals surface area contributed by atoms with Crippen molar-refractivity contribution in [2.45, 2.75) is 51.0 Å². The highest BCUT2D eigenvalue weighted by molar-refractivity contribution is 7.87. The average molecular weight is 326 g/mol. The molecule has 2 aliphatic rings. The van der Waals surface area contributed by atoms with Gasteiger partial charge in [0.05, 0.1) is 0 Å². The van der Waals surface area contributed by atoms with Crippen molar-refractivity contribution in [2.75, 3.05) is 26.7 Å². The molecule has 0 amide bonds. The molecule has 1 saturated heterocycles. The number of piperidine rings is 1. The molecule has 0 bridgehead atoms. The lowest BCUT2D eigenvalue weighted by molar-refractivity contribution is 0.280. The van der Waals surface area contributed by atoms with Gasteiger partial charge in [-0.15, -0.1) is 12.4 Å². The van der Waals surface area contributed by atoms with Gasteiger partial charge < -0.3 is 5.32 Å². The second-order valence-corrected chi connectivity index (χ2v) is 7.69. The largest absolute Gasteiger partial charge is 0.316 e. The predicted octanol–water partition coefficient (Wildman–Crippen LogP) is 1.51. The molecule has 2 rings (SSSR count). The Morgan fingerprint density at radius 3 is 2.45 bits per heavy atom. The van der Waals surface area contributed by atoms with Crippen molar-refractivity contribution in [2.24, 2.45) is 5.92 Å². The fraction of sp³-hybridized carbons (Fsp3) is 1.00. The molecule has 1 unspecified atom stereocenters. The Bertz CT molecular complexity index is 366. The Hall–Kier alpha value is 0.120. The topological polar surface area (TPSA) is 61.4 Å². The first-order valence-corrected chi connectivity index (χ1v) is 8.97. The van der Waals surface area contributed by atoms with Crippen molar-refractivity contribution in [3.05, 3.63) is 0 Å². The second-order valence-electron chi connectivity index (χ2n) is 5.87. The minimum atomic E-state index is -3.30. The van der Waals surface area contributed by atoms with Crippen LogP contribution in [0.15, 0.2) is 0 Å². The van der Waals surface area contributed by atoms with Gasteiger partial charge in [-0.1, -0.05) is 19.3 Å². The Balaban J connectivity index is 0.00000200. The lowest BCUT2D eigenvalue weighted by atomic mass is 9.96. The van der Waals surface area contributed by atoms with Crippen molar-refractivity contribution >= 4 is 22.6 Å². The third-order valence-electron chi connectivity index (χ3n) is 4.42. The number of nitrogens with one attached hydrogen (secondary N) is 2. The van der Waals surface area contributed by atoms with E-state index in [1.807, 2.05) is 0 Å². The molecule has 0 aromatic heterocycles. The van der Waals surface area contributed by atoms with E-state index in [0.717, 1.165) is 51.6 Å². The zero-order valence-electron chi connectivity index (χ0n) is 12.3. The molecule has 0 spiro atoms. The van der Waals surface area contributed by atoms with Crippen LogP contribution in [-0.2, 0) is 10.2 Å². The summed E-state index contributed by atoms with van der Waals surface area (Å²) in [6, 6.07) is 0.190. The van der Waals surface area contributed by atoms with Gasteiger partial charge in [-0.25, -0.2) is 4.72 Å². The van der Waals surface area contributed by atoms with Gasteiger partial charge in [0, 0.05) is 19.6 Å². The molecule has 1 saturated carbocycles. The molecule has 7 heteroatoms. The van der Waals surface area contributed by atoms with E-state index in [1.54, 1.807) is 11.4 Å². The molecule has 0 radical (unpaired) electrons. The first-order chi connectivity index (χ1) is 9.09. The summed E-state index contributed by atoms with van der Waals surface area (Å²) in [7, 11) is -1.58. The Morgan fingerprint density at radius 1 is 1.15 bits per heavy atom. The van der Waals surface area contributed by atoms with Gasteiger partial charge in [-0.3, -0.25) is 0 Å². The van der Waals surface area contributed by atoms with Gasteiger partial charge in [0.1, 0.15) is 0 Å². The third kappa shape index (κ3) is 5.15. The van der Waals surface area contributed by atoms with E-state index in [4.69, 9.17) is 0 Å². The highest BCUT2D eigenvalue weighted by atomic mass is 35.5. The molecule has 5 nitrogen and oxygen atoms in total. The Kier molecular flexibility index (Phi) is 7.75. The summed E-state index contributed by atoms with van der Waals surface area (Å²) in [5.41, 5.74) is 0. The molecule has 2 fully saturated rings. The summed E-state index contributed by atoms with van der Waals surface area (Å²) in [6.07, 6.45) is 7.80. The van der Waals surface area contributed by atoms with Gasteiger partial charge in [-0.2, -0.15) is 12.7 Å². The molecule has 20 heavy (non-hydrogen) atoms. The molecular weight excluding hydrogens is 298 g/mol. The Labute approximate surface area is 129 Å². The van der Waals surface area contributed by atoms with E-state index in [0.29, 0.717) is 12.5 Å². The minimum Gasteiger partial charge on any atom is -0.316 e. The van der Waals surface area contributed by atoms with Crippen LogP contribution in [0.25, 0.3) is 0 Å². The molecule has 1 heterocycles. The number of nitrogens with zero attached hydrogens (tertiary/aromatic N) is 1. The maximum absolute atomic E-state index is 12.3. The molecule has 1 atom stereocenters. The highest BCUT2D eigenvalue weighted by Crippen LogP contribution is 2.23. The van der Waals surface area contributed by atoms with Gasteiger partial charge in [-0.05, 0) is 44.7 Å². The zero-order chi connectivity index (χ0) is 13.7. The number of hydrogen-bond acceptors (Lipinski definition) is 3. The highest BCUT2D eigenvalue weighted by Gasteiger charge is 2.28. The van der Waals surface area contributed by atoms with Crippen molar-refractivity contribution < 1.29 is 8.42 Å². The van der Waals surface area contributed by atoms with Crippen LogP contribution in [0, 0.1) is 5.92 Å². The third-order valence-corrected chi connectivity index (χ3v) is 6.01. The van der Waals surface area contributed by atoms with Gasteiger partial charge in [0.2, 0.25) is 0 Å². The Morgan fingerprint density at radius 2 is 1.85 bits per heavy atom. The van der Waals surface area contributed by atoms with E-state index in [9.17, 15) is 8.42 Å². The quantitative estimate of drug-likeness (QED) is 0.805. The lowest BCUT2D eigenvalue weighted by Crippen LogP contribution is -2.47. The normalized spacial score (nSPS) is 25.4. The summed E-state index contributed by atoms with van der Waals surface area (Å²) in [4.78, 5) is 0. The number of rotatable bonds is 5. The SMILES string of the molecule is CN(C1CCCCC1)S(=O)(=O)NCC1CCCNC1.Cl. The standard InChI is InChI=1S/C13H27N3O2S.ClH/c1-16(13-7-3-2-4-8-13)19(17,18)15-11-12-6-5-9-14-10-12;/h12-15H,2-11H2,1H3;1H. The second kappa shape index (κ2) is 8.54. The van der Waals surface area contributed by atoms with Crippen LogP contribution < -0.4 is 10.0 Å². The first kappa shape index (κ1) is 18.2. The van der Waals surface area contributed by atoms with E-state index in [-0.39, 0.29) is 18.4 Å². The van der Waals surface area contributed by atoms with Crippen molar-refractivity contribution in [1.82, 2.24) is 14.3 Å². The predicted molar refractivity (Wildman–Crippen MR) is 84.4 cm³/mol. The van der Waals surface area contributed by atoms with E-state index in [1.165, 1.54) is 6.42 Å². The molecule has 0 aromatic rings. The monoisotopic (exact) mass is 325 g/mol. The van der Waals surface area contributed by atoms with Crippen molar-refractivity contribution in [3.8, 4) is 0 Å². The minimum absolute atomic E-state index is 0. The fourth-order valence-corrected chi connectivity index (χ4v) is 4.32. The van der Waals surface area contributed by atoms with E-state index in [2.05, 4.69) is 10.0 Å². The number of halogens is 1. The van der Waals surface area contributed by atoms with Crippen LogP contribution in [0.5, 0.6) is 0 Å². The summed E-state index contributed by atoms with van der Waals surface area (Å²) in [6.45, 7) is 2.55. The van der Waals surface area contributed by atoms with Gasteiger partial charge in [0.25, 0.3) is 10.2 Å². The van der Waals surface area contributed by atoms with Crippen LogP contribution in [0.2, 0.25) is 0 Å². The zero-order valence-corrected chi connectivity index (χ0v) is 13.9. The number of hydrogen-bond donors (Lipinski definition) is 2. The average Bonchev–Trinajstić information content (AvgIpc) is 2.46. The van der Waals surface area contributed by atoms with Gasteiger partial charge in [0.15, 0.2) is 0 Å². The molecule has 0 aromatic carbocycles. The fourth-order valence-electron chi connectivity index (χ4n) is 3.06. The molecule has 1 aliphatic heterocycles. The molecule has 2 N–H and O–H groups in total.